The summed E-state index contributed by atoms with van der Waals surface area (Å²) in [7, 11) is 0. The van der Waals surface area contributed by atoms with Crippen molar-refractivity contribution in [3.8, 4) is 0 Å². The molecule has 0 saturated carbocycles. The predicted molar refractivity (Wildman–Crippen MR) is 89.5 cm³/mol. The Morgan fingerprint density at radius 3 is 2.86 bits per heavy atom. The van der Waals surface area contributed by atoms with E-state index in [2.05, 4.69) is 31.9 Å². The van der Waals surface area contributed by atoms with Crippen LogP contribution in [0.5, 0.6) is 0 Å². The monoisotopic (exact) mass is 316 g/mol. The molecule has 0 bridgehead atoms. The number of aromatic nitrogens is 2. The fourth-order valence-corrected chi connectivity index (χ4v) is 3.27. The van der Waals surface area contributed by atoms with Crippen LogP contribution in [-0.4, -0.2) is 36.6 Å². The Bertz CT molecular complexity index is 591. The van der Waals surface area contributed by atoms with Gasteiger partial charge in [0, 0.05) is 31.7 Å². The van der Waals surface area contributed by atoms with Gasteiger partial charge in [0.25, 0.3) is 0 Å². The number of rotatable bonds is 4. The highest BCUT2D eigenvalue weighted by Gasteiger charge is 2.22. The second-order valence-electron chi connectivity index (χ2n) is 4.89. The second kappa shape index (κ2) is 6.98. The molecular formula is C15H16N4S2. The van der Waals surface area contributed by atoms with E-state index in [-0.39, 0.29) is 0 Å². The van der Waals surface area contributed by atoms with Crippen molar-refractivity contribution in [3.63, 3.8) is 0 Å². The second-order valence-corrected chi connectivity index (χ2v) is 6.47. The fourth-order valence-electron chi connectivity index (χ4n) is 2.22. The SMILES string of the molecule is S=C1SCN(Cc2ccccn2)CN1Cc1cccnc1. The molecule has 2 aromatic rings. The van der Waals surface area contributed by atoms with Gasteiger partial charge in [0.05, 0.1) is 18.2 Å². The van der Waals surface area contributed by atoms with Crippen LogP contribution in [-0.2, 0) is 13.1 Å². The Labute approximate surface area is 134 Å². The average molecular weight is 316 g/mol. The van der Waals surface area contributed by atoms with E-state index < -0.39 is 0 Å². The summed E-state index contributed by atoms with van der Waals surface area (Å²) >= 11 is 7.18. The lowest BCUT2D eigenvalue weighted by molar-refractivity contribution is 0.199. The molecule has 3 rings (SSSR count). The van der Waals surface area contributed by atoms with Gasteiger partial charge in [0.1, 0.15) is 4.32 Å². The predicted octanol–water partition coefficient (Wildman–Crippen LogP) is 2.73. The lowest BCUT2D eigenvalue weighted by Gasteiger charge is -2.36. The van der Waals surface area contributed by atoms with Crippen LogP contribution in [0, 0.1) is 0 Å². The van der Waals surface area contributed by atoms with Crippen molar-refractivity contribution in [2.24, 2.45) is 0 Å². The molecule has 1 fully saturated rings. The first kappa shape index (κ1) is 14.4. The van der Waals surface area contributed by atoms with E-state index in [4.69, 9.17) is 12.2 Å². The normalized spacial score (nSPS) is 16.2. The minimum absolute atomic E-state index is 0.804. The molecule has 0 spiro atoms. The molecule has 0 N–H and O–H groups in total. The third-order valence-corrected chi connectivity index (χ3v) is 4.82. The van der Waals surface area contributed by atoms with Crippen LogP contribution in [0.15, 0.2) is 48.9 Å². The van der Waals surface area contributed by atoms with E-state index in [1.165, 1.54) is 5.56 Å². The largest absolute Gasteiger partial charge is 0.340 e. The molecule has 21 heavy (non-hydrogen) atoms. The van der Waals surface area contributed by atoms with Gasteiger partial charge in [0.15, 0.2) is 0 Å². The molecule has 4 nitrogen and oxygen atoms in total. The molecule has 1 saturated heterocycles. The van der Waals surface area contributed by atoms with Crippen LogP contribution < -0.4 is 0 Å². The Balaban J connectivity index is 1.63. The van der Waals surface area contributed by atoms with E-state index in [9.17, 15) is 0 Å². The van der Waals surface area contributed by atoms with Crippen molar-refractivity contribution in [1.29, 1.82) is 0 Å². The minimum atomic E-state index is 0.804. The zero-order valence-electron chi connectivity index (χ0n) is 11.6. The van der Waals surface area contributed by atoms with Crippen molar-refractivity contribution < 1.29 is 0 Å². The standard InChI is InChI=1S/C15H16N4S2/c20-15-19(9-13-4-3-6-16-8-13)11-18(12-21-15)10-14-5-1-2-7-17-14/h1-8H,9-12H2. The highest BCUT2D eigenvalue weighted by atomic mass is 32.2. The molecule has 1 aliphatic heterocycles. The molecule has 2 aromatic heterocycles. The van der Waals surface area contributed by atoms with Crippen molar-refractivity contribution >= 4 is 28.3 Å². The van der Waals surface area contributed by atoms with E-state index in [1.807, 2.05) is 30.6 Å². The first-order valence-electron chi connectivity index (χ1n) is 6.74. The van der Waals surface area contributed by atoms with E-state index >= 15 is 0 Å². The number of nitrogens with zero attached hydrogens (tertiary/aromatic N) is 4. The highest BCUT2D eigenvalue weighted by Crippen LogP contribution is 2.21. The topological polar surface area (TPSA) is 32.3 Å². The maximum atomic E-state index is 5.47. The smallest absolute Gasteiger partial charge is 0.138 e. The lowest BCUT2D eigenvalue weighted by atomic mass is 10.3. The zero-order chi connectivity index (χ0) is 14.5. The Morgan fingerprint density at radius 2 is 2.10 bits per heavy atom. The molecule has 1 aliphatic rings. The van der Waals surface area contributed by atoms with Gasteiger partial charge in [-0.15, -0.1) is 0 Å². The number of thioether (sulfide) groups is 1. The van der Waals surface area contributed by atoms with Crippen molar-refractivity contribution in [1.82, 2.24) is 19.8 Å². The van der Waals surface area contributed by atoms with Crippen LogP contribution in [0.2, 0.25) is 0 Å². The Kier molecular flexibility index (Phi) is 4.80. The number of hydrogen-bond acceptors (Lipinski definition) is 5. The van der Waals surface area contributed by atoms with Gasteiger partial charge in [-0.2, -0.15) is 0 Å². The summed E-state index contributed by atoms with van der Waals surface area (Å²) in [6.45, 7) is 2.48. The van der Waals surface area contributed by atoms with E-state index in [1.54, 1.807) is 18.0 Å². The quantitative estimate of drug-likeness (QED) is 0.807. The van der Waals surface area contributed by atoms with Crippen LogP contribution in [0.4, 0.5) is 0 Å². The van der Waals surface area contributed by atoms with Crippen LogP contribution in [0.1, 0.15) is 11.3 Å². The van der Waals surface area contributed by atoms with Gasteiger partial charge in [-0.3, -0.25) is 14.9 Å². The summed E-state index contributed by atoms with van der Waals surface area (Å²) in [6, 6.07) is 10.1. The summed E-state index contributed by atoms with van der Waals surface area (Å²) in [5.74, 6) is 0.916. The van der Waals surface area contributed by atoms with Crippen molar-refractivity contribution in [3.05, 3.63) is 60.2 Å². The summed E-state index contributed by atoms with van der Waals surface area (Å²) in [4.78, 5) is 13.1. The van der Waals surface area contributed by atoms with Crippen molar-refractivity contribution in [2.75, 3.05) is 12.5 Å². The molecule has 108 valence electrons. The third-order valence-electron chi connectivity index (χ3n) is 3.21. The first-order chi connectivity index (χ1) is 10.3. The molecule has 0 unspecified atom stereocenters. The van der Waals surface area contributed by atoms with Crippen molar-refractivity contribution in [2.45, 2.75) is 13.1 Å². The lowest BCUT2D eigenvalue weighted by Crippen LogP contribution is -2.43. The molecule has 6 heteroatoms. The third kappa shape index (κ3) is 4.00. The zero-order valence-corrected chi connectivity index (χ0v) is 13.2. The molecule has 0 aliphatic carbocycles. The molecule has 0 aromatic carbocycles. The molecule has 0 amide bonds. The summed E-state index contributed by atoms with van der Waals surface area (Å²) in [6.07, 6.45) is 5.52. The molecule has 0 atom stereocenters. The summed E-state index contributed by atoms with van der Waals surface area (Å²) in [5, 5.41) is 0. The van der Waals surface area contributed by atoms with E-state index in [0.717, 1.165) is 35.6 Å². The van der Waals surface area contributed by atoms with Gasteiger partial charge in [-0.05, 0) is 23.8 Å². The van der Waals surface area contributed by atoms with Crippen LogP contribution >= 0.6 is 24.0 Å². The Hall–Kier alpha value is -1.50. The molecule has 3 heterocycles. The molecular weight excluding hydrogens is 300 g/mol. The average Bonchev–Trinajstić information content (AvgIpc) is 2.53. The Morgan fingerprint density at radius 1 is 1.14 bits per heavy atom. The maximum Gasteiger partial charge on any atom is 0.138 e. The van der Waals surface area contributed by atoms with Gasteiger partial charge in [-0.1, -0.05) is 36.1 Å². The summed E-state index contributed by atoms with van der Waals surface area (Å²) in [5.41, 5.74) is 2.27. The fraction of sp³-hybridized carbons (Fsp3) is 0.267. The highest BCUT2D eigenvalue weighted by molar-refractivity contribution is 8.22. The van der Waals surface area contributed by atoms with E-state index in [0.29, 0.717) is 0 Å². The summed E-state index contributed by atoms with van der Waals surface area (Å²) < 4.78 is 0.955. The maximum absolute atomic E-state index is 5.47. The van der Waals surface area contributed by atoms with Gasteiger partial charge >= 0.3 is 0 Å². The van der Waals surface area contributed by atoms with Gasteiger partial charge < -0.3 is 4.90 Å². The van der Waals surface area contributed by atoms with Gasteiger partial charge in [-0.25, -0.2) is 0 Å². The van der Waals surface area contributed by atoms with Crippen LogP contribution in [0.3, 0.4) is 0 Å². The van der Waals surface area contributed by atoms with Gasteiger partial charge in [0.2, 0.25) is 0 Å². The first-order valence-corrected chi connectivity index (χ1v) is 8.13. The molecule has 0 radical (unpaired) electrons. The number of hydrogen-bond donors (Lipinski definition) is 0. The number of pyridine rings is 2. The van der Waals surface area contributed by atoms with Crippen LogP contribution in [0.25, 0.3) is 0 Å². The number of thiocarbonyl (C=S) groups is 1. The minimum Gasteiger partial charge on any atom is -0.340 e.